The molecule has 1 atom stereocenters. The monoisotopic (exact) mass is 492 g/mol. The van der Waals surface area contributed by atoms with Crippen LogP contribution in [-0.2, 0) is 14.4 Å². The second kappa shape index (κ2) is 9.93. The largest absolute Gasteiger partial charge is 0.368 e. The third-order valence-corrected chi connectivity index (χ3v) is 8.78. The summed E-state index contributed by atoms with van der Waals surface area (Å²) in [4.78, 5) is 45.9. The molecule has 0 unspecified atom stereocenters. The molecule has 0 aromatic heterocycles. The number of hydrogen-bond acceptors (Lipinski definition) is 5. The van der Waals surface area contributed by atoms with Crippen LogP contribution in [0, 0.1) is 19.8 Å². The maximum Gasteiger partial charge on any atom is 0.247 e. The highest BCUT2D eigenvalue weighted by Gasteiger charge is 2.38. The Morgan fingerprint density at radius 2 is 1.54 bits per heavy atom. The molecule has 0 aliphatic carbocycles. The molecule has 35 heavy (non-hydrogen) atoms. The number of piperazine rings is 1. The Morgan fingerprint density at radius 1 is 0.857 bits per heavy atom. The Labute approximate surface area is 210 Å². The average Bonchev–Trinajstić information content (AvgIpc) is 2.89. The second-order valence-electron chi connectivity index (χ2n) is 9.61. The third kappa shape index (κ3) is 4.76. The number of carbonyl (C=O) groups excluding carboxylic acids is 3. The minimum atomic E-state index is -0.768. The van der Waals surface area contributed by atoms with Crippen molar-refractivity contribution in [2.45, 2.75) is 36.8 Å². The normalized spacial score (nSPS) is 20.9. The van der Waals surface area contributed by atoms with Gasteiger partial charge in [0.15, 0.2) is 5.25 Å². The van der Waals surface area contributed by atoms with E-state index < -0.39 is 5.25 Å². The van der Waals surface area contributed by atoms with Crippen molar-refractivity contribution in [1.29, 1.82) is 0 Å². The Morgan fingerprint density at radius 3 is 2.29 bits per heavy atom. The quantitative estimate of drug-likeness (QED) is 0.666. The predicted octanol–water partition coefficient (Wildman–Crippen LogP) is 3.30. The Bertz CT molecular complexity index is 1140. The lowest BCUT2D eigenvalue weighted by Gasteiger charge is -2.40. The summed E-state index contributed by atoms with van der Waals surface area (Å²) in [6.07, 6.45) is 1.30. The zero-order chi connectivity index (χ0) is 24.5. The molecule has 0 bridgehead atoms. The van der Waals surface area contributed by atoms with Crippen LogP contribution in [-0.4, -0.2) is 72.0 Å². The van der Waals surface area contributed by atoms with E-state index in [4.69, 9.17) is 0 Å². The molecule has 1 N–H and O–H groups in total. The van der Waals surface area contributed by atoms with Crippen LogP contribution in [0.4, 0.5) is 11.4 Å². The number of hydrogen-bond donors (Lipinski definition) is 1. The van der Waals surface area contributed by atoms with Gasteiger partial charge in [-0.3, -0.25) is 14.4 Å². The van der Waals surface area contributed by atoms with Gasteiger partial charge in [-0.1, -0.05) is 24.3 Å². The van der Waals surface area contributed by atoms with Gasteiger partial charge in [-0.2, -0.15) is 0 Å². The van der Waals surface area contributed by atoms with E-state index in [1.807, 2.05) is 29.2 Å². The molecule has 3 aliphatic heterocycles. The van der Waals surface area contributed by atoms with Crippen molar-refractivity contribution in [3.8, 4) is 0 Å². The molecular weight excluding hydrogens is 460 g/mol. The molecule has 0 saturated carbocycles. The standard InChI is InChI=1S/C27H32N4O3S/c1-18-6-5-8-22(19(18)2)29-14-16-31(17-15-29)26(33)20-10-12-30(13-11-20)27(34)24-25(32)28-21-7-3-4-9-23(21)35-24/h3-9,20,24H,10-17H2,1-2H3,(H,28,32)/t24-/m0/s1. The zero-order valence-electron chi connectivity index (χ0n) is 20.3. The lowest BCUT2D eigenvalue weighted by Crippen LogP contribution is -2.53. The number of rotatable bonds is 3. The van der Waals surface area contributed by atoms with Crippen molar-refractivity contribution in [1.82, 2.24) is 9.80 Å². The van der Waals surface area contributed by atoms with E-state index in [0.717, 1.165) is 36.8 Å². The fourth-order valence-corrected chi connectivity index (χ4v) is 6.30. The molecule has 8 heteroatoms. The first kappa shape index (κ1) is 23.7. The van der Waals surface area contributed by atoms with Crippen LogP contribution in [0.3, 0.4) is 0 Å². The van der Waals surface area contributed by atoms with Crippen LogP contribution in [0.1, 0.15) is 24.0 Å². The van der Waals surface area contributed by atoms with E-state index in [9.17, 15) is 14.4 Å². The summed E-state index contributed by atoms with van der Waals surface area (Å²) in [6, 6.07) is 13.9. The number of nitrogens with zero attached hydrogens (tertiary/aromatic N) is 3. The van der Waals surface area contributed by atoms with Gasteiger partial charge in [0.2, 0.25) is 17.7 Å². The van der Waals surface area contributed by atoms with Crippen molar-refractivity contribution in [2.75, 3.05) is 49.5 Å². The highest BCUT2D eigenvalue weighted by molar-refractivity contribution is 8.01. The van der Waals surface area contributed by atoms with Crippen molar-refractivity contribution in [2.24, 2.45) is 5.92 Å². The molecule has 3 aliphatic rings. The number of carbonyl (C=O) groups is 3. The second-order valence-corrected chi connectivity index (χ2v) is 10.8. The van der Waals surface area contributed by atoms with E-state index in [1.165, 1.54) is 28.6 Å². The zero-order valence-corrected chi connectivity index (χ0v) is 21.1. The number of nitrogens with one attached hydrogen (secondary N) is 1. The number of para-hydroxylation sites is 1. The van der Waals surface area contributed by atoms with Crippen LogP contribution in [0.25, 0.3) is 0 Å². The van der Waals surface area contributed by atoms with Crippen LogP contribution in [0.2, 0.25) is 0 Å². The number of aryl methyl sites for hydroxylation is 1. The lowest BCUT2D eigenvalue weighted by molar-refractivity contribution is -0.141. The number of fused-ring (bicyclic) bond motifs is 1. The van der Waals surface area contributed by atoms with Gasteiger partial charge >= 0.3 is 0 Å². The highest BCUT2D eigenvalue weighted by atomic mass is 32.2. The van der Waals surface area contributed by atoms with E-state index in [2.05, 4.69) is 42.3 Å². The van der Waals surface area contributed by atoms with E-state index in [-0.39, 0.29) is 23.6 Å². The molecule has 2 aromatic carbocycles. The molecular formula is C27H32N4O3S. The fourth-order valence-electron chi connectivity index (χ4n) is 5.23. The summed E-state index contributed by atoms with van der Waals surface area (Å²) in [6.45, 7) is 8.45. The first-order valence-electron chi connectivity index (χ1n) is 12.4. The lowest BCUT2D eigenvalue weighted by atomic mass is 9.94. The van der Waals surface area contributed by atoms with Gasteiger partial charge in [0.1, 0.15) is 0 Å². The van der Waals surface area contributed by atoms with Gasteiger partial charge in [-0.15, -0.1) is 11.8 Å². The van der Waals surface area contributed by atoms with Crippen LogP contribution < -0.4 is 10.2 Å². The summed E-state index contributed by atoms with van der Waals surface area (Å²) in [7, 11) is 0. The number of thioether (sulfide) groups is 1. The van der Waals surface area contributed by atoms with Crippen molar-refractivity contribution >= 4 is 40.9 Å². The Kier molecular flexibility index (Phi) is 6.73. The summed E-state index contributed by atoms with van der Waals surface area (Å²) in [5.74, 6) is -0.273. The number of piperidine rings is 1. The van der Waals surface area contributed by atoms with Crippen LogP contribution in [0.5, 0.6) is 0 Å². The van der Waals surface area contributed by atoms with Gasteiger partial charge in [0.05, 0.1) is 5.69 Å². The molecule has 7 nitrogen and oxygen atoms in total. The minimum absolute atomic E-state index is 0.0557. The topological polar surface area (TPSA) is 73.0 Å². The van der Waals surface area contributed by atoms with E-state index in [1.54, 1.807) is 4.90 Å². The molecule has 3 heterocycles. The molecule has 2 saturated heterocycles. The predicted molar refractivity (Wildman–Crippen MR) is 139 cm³/mol. The molecule has 5 rings (SSSR count). The van der Waals surface area contributed by atoms with E-state index >= 15 is 0 Å². The fraction of sp³-hybridized carbons (Fsp3) is 0.444. The summed E-state index contributed by atoms with van der Waals surface area (Å²) in [5.41, 5.74) is 4.61. The Hall–Kier alpha value is -3.00. The van der Waals surface area contributed by atoms with Gasteiger partial charge in [-0.05, 0) is 56.0 Å². The van der Waals surface area contributed by atoms with Gasteiger partial charge < -0.3 is 20.0 Å². The van der Waals surface area contributed by atoms with Gasteiger partial charge in [0, 0.05) is 55.8 Å². The number of anilines is 2. The number of amides is 3. The third-order valence-electron chi connectivity index (χ3n) is 7.52. The van der Waals surface area contributed by atoms with Crippen molar-refractivity contribution < 1.29 is 14.4 Å². The smallest absolute Gasteiger partial charge is 0.247 e. The summed E-state index contributed by atoms with van der Waals surface area (Å²) >= 11 is 1.31. The first-order valence-corrected chi connectivity index (χ1v) is 13.3. The maximum atomic E-state index is 13.2. The molecule has 0 radical (unpaired) electrons. The van der Waals surface area contributed by atoms with Crippen molar-refractivity contribution in [3.63, 3.8) is 0 Å². The maximum absolute atomic E-state index is 13.2. The van der Waals surface area contributed by atoms with Crippen LogP contribution >= 0.6 is 11.8 Å². The highest BCUT2D eigenvalue weighted by Crippen LogP contribution is 2.36. The summed E-state index contributed by atoms with van der Waals surface area (Å²) < 4.78 is 0. The van der Waals surface area contributed by atoms with Gasteiger partial charge in [0.25, 0.3) is 0 Å². The number of likely N-dealkylation sites (tertiary alicyclic amines) is 1. The van der Waals surface area contributed by atoms with Gasteiger partial charge in [-0.25, -0.2) is 0 Å². The first-order chi connectivity index (χ1) is 16.9. The molecule has 2 fully saturated rings. The molecule has 0 spiro atoms. The molecule has 184 valence electrons. The van der Waals surface area contributed by atoms with E-state index in [0.29, 0.717) is 25.9 Å². The Balaban J connectivity index is 1.13. The molecule has 3 amide bonds. The molecule has 2 aromatic rings. The minimum Gasteiger partial charge on any atom is -0.368 e. The van der Waals surface area contributed by atoms with Crippen molar-refractivity contribution in [3.05, 3.63) is 53.6 Å². The average molecular weight is 493 g/mol. The number of benzene rings is 2. The van der Waals surface area contributed by atoms with Crippen LogP contribution in [0.15, 0.2) is 47.4 Å². The summed E-state index contributed by atoms with van der Waals surface area (Å²) in [5, 5.41) is 2.08. The SMILES string of the molecule is Cc1cccc(N2CCN(C(=O)C3CCN(C(=O)[C@H]4Sc5ccccc5NC4=O)CC3)CC2)c1C.